The van der Waals surface area contributed by atoms with Gasteiger partial charge in [-0.1, -0.05) is 180 Å². The Bertz CT molecular complexity index is 6240. The van der Waals surface area contributed by atoms with E-state index >= 15 is 0 Å². The number of benzene rings is 7. The molecule has 0 saturated heterocycles. The molecule has 0 aliphatic rings. The van der Waals surface area contributed by atoms with Crippen molar-refractivity contribution in [1.29, 1.82) is 0 Å². The van der Waals surface area contributed by atoms with Crippen molar-refractivity contribution < 1.29 is 46.9 Å². The molecule has 0 radical (unpaired) electrons. The number of aromatic hydroxyl groups is 4. The molecule has 15 aromatic rings. The molecular formula is C82H61ClF2N4O16S3. The predicted octanol–water partition coefficient (Wildman–Crippen LogP) is 15.5. The van der Waals surface area contributed by atoms with E-state index in [1.165, 1.54) is 45.5 Å². The number of aryl methyl sites for hydroxylation is 4. The van der Waals surface area contributed by atoms with E-state index in [1.54, 1.807) is 97.5 Å². The van der Waals surface area contributed by atoms with Crippen LogP contribution < -0.4 is 44.7 Å². The van der Waals surface area contributed by atoms with Gasteiger partial charge in [-0.3, -0.25) is 19.2 Å². The van der Waals surface area contributed by atoms with Crippen LogP contribution in [0.3, 0.4) is 0 Å². The van der Waals surface area contributed by atoms with Crippen molar-refractivity contribution in [3.63, 3.8) is 0 Å². The van der Waals surface area contributed by atoms with Crippen LogP contribution in [-0.2, 0) is 26.2 Å². The molecule has 0 aliphatic heterocycles. The van der Waals surface area contributed by atoms with Crippen LogP contribution in [0.5, 0.6) is 23.0 Å². The average molecular weight is 1530 g/mol. The van der Waals surface area contributed by atoms with Crippen molar-refractivity contribution in [2.24, 2.45) is 0 Å². The first kappa shape index (κ1) is 75.3. The Morgan fingerprint density at radius 3 is 1.02 bits per heavy atom. The Labute approximate surface area is 627 Å². The summed E-state index contributed by atoms with van der Waals surface area (Å²) in [4.78, 5) is 102. The average Bonchev–Trinajstić information content (AvgIpc) is 0.781. The third-order valence-corrected chi connectivity index (χ3v) is 20.3. The smallest absolute Gasteiger partial charge is 0.354 e. The molecule has 0 atom stereocenters. The lowest BCUT2D eigenvalue weighted by Crippen LogP contribution is -2.24. The molecule has 0 unspecified atom stereocenters. The van der Waals surface area contributed by atoms with Gasteiger partial charge in [0.1, 0.15) is 75.9 Å². The number of rotatable bonds is 14. The number of halogens is 3. The molecule has 0 aliphatic carbocycles. The van der Waals surface area contributed by atoms with Gasteiger partial charge in [0, 0.05) is 66.8 Å². The molecule has 0 fully saturated rings. The molecule has 0 saturated carbocycles. The number of nitrogens with zero attached hydrogens (tertiary/aromatic N) is 4. The van der Waals surface area contributed by atoms with E-state index in [0.29, 0.717) is 57.2 Å². The van der Waals surface area contributed by atoms with Crippen LogP contribution in [0.4, 0.5) is 8.78 Å². The van der Waals surface area contributed by atoms with E-state index in [2.05, 4.69) is 0 Å². The van der Waals surface area contributed by atoms with Crippen molar-refractivity contribution in [2.75, 3.05) is 0 Å². The lowest BCUT2D eigenvalue weighted by Gasteiger charge is -2.13. The van der Waals surface area contributed by atoms with Crippen LogP contribution in [0.2, 0.25) is 5.02 Å². The van der Waals surface area contributed by atoms with Crippen molar-refractivity contribution in [3.05, 3.63) is 369 Å². The first-order valence-corrected chi connectivity index (χ1v) is 35.7. The van der Waals surface area contributed by atoms with Crippen molar-refractivity contribution >= 4 is 90.8 Å². The van der Waals surface area contributed by atoms with Gasteiger partial charge in [0.15, 0.2) is 17.2 Å². The third-order valence-electron chi connectivity index (χ3n) is 16.9. The number of pyridine rings is 4. The lowest BCUT2D eigenvalue weighted by atomic mass is 10.2. The Morgan fingerprint density at radius 1 is 0.333 bits per heavy atom. The molecule has 20 nitrogen and oxygen atoms in total. The topological polar surface area (TPSA) is 290 Å². The molecule has 0 bridgehead atoms. The zero-order valence-corrected chi connectivity index (χ0v) is 60.7. The van der Waals surface area contributed by atoms with Gasteiger partial charge >= 0.3 is 22.5 Å². The highest BCUT2D eigenvalue weighted by Crippen LogP contribution is 2.39. The van der Waals surface area contributed by atoms with Gasteiger partial charge in [0.2, 0.25) is 0 Å². The molecule has 0 amide bonds. The van der Waals surface area contributed by atoms with E-state index < -0.39 is 62.1 Å². The van der Waals surface area contributed by atoms with E-state index in [4.69, 9.17) is 29.3 Å². The Kier molecular flexibility index (Phi) is 23.0. The maximum atomic E-state index is 13.5. The summed E-state index contributed by atoms with van der Waals surface area (Å²) in [7, 11) is 0. The molecule has 7 aromatic carbocycles. The van der Waals surface area contributed by atoms with Gasteiger partial charge in [0.05, 0.1) is 32.2 Å². The fourth-order valence-electron chi connectivity index (χ4n) is 11.6. The zero-order chi connectivity index (χ0) is 76.6. The Morgan fingerprint density at radius 2 is 0.648 bits per heavy atom. The summed E-state index contributed by atoms with van der Waals surface area (Å²) in [6.07, 6.45) is 0. The summed E-state index contributed by atoms with van der Waals surface area (Å²) in [6.45, 7) is 8.19. The Balaban J connectivity index is 0.000000135. The Hall–Kier alpha value is -12.4. The molecule has 4 N–H and O–H groups in total. The molecule has 8 heterocycles. The minimum Gasteiger partial charge on any atom is -0.507 e. The molecule has 544 valence electrons. The number of hydrogen-bond donors (Lipinski definition) is 4. The monoisotopic (exact) mass is 1530 g/mol. The number of hydrogen-bond acceptors (Lipinski definition) is 19. The summed E-state index contributed by atoms with van der Waals surface area (Å²) in [6, 6.07) is 63.1. The standard InChI is InChI=1S/C22H16ClNO4S.C22H16FNO4S.C22H17NO4S.C16H12FNO4/c2*1-13-10-17-18(21(26)24(13)12-14-6-3-2-4-7-14)19(25)20(22(27)28-17)29-16-9-5-8-15(23)11-16;1-14-12-17-18(21(25)23(14)13-15-8-4-2-5-9-15)19(24)20(22(26)27-17)28-16-10-6-3-7-11-16;1-9-6-13-15(12(19)7-14(20)22-13)16(21)18(9)8-10-2-4-11(17)5-3-10/h2*2-11,25H,12H2,1H3;2-12,24H,13H2,1H3;2-7,19H,8H2,1H3. The normalized spacial score (nSPS) is 11.1. The van der Waals surface area contributed by atoms with Crippen LogP contribution in [0.25, 0.3) is 43.9 Å². The minimum atomic E-state index is -0.788. The molecule has 15 rings (SSSR count). The second-order valence-corrected chi connectivity index (χ2v) is 28.1. The van der Waals surface area contributed by atoms with Crippen molar-refractivity contribution in [3.8, 4) is 23.0 Å². The highest BCUT2D eigenvalue weighted by molar-refractivity contribution is 8.00. The quantitative estimate of drug-likeness (QED) is 0.0786. The van der Waals surface area contributed by atoms with Crippen LogP contribution in [0.15, 0.2) is 310 Å². The van der Waals surface area contributed by atoms with Crippen LogP contribution in [0.1, 0.15) is 45.0 Å². The predicted molar refractivity (Wildman–Crippen MR) is 411 cm³/mol. The molecule has 108 heavy (non-hydrogen) atoms. The van der Waals surface area contributed by atoms with E-state index in [9.17, 15) is 67.6 Å². The van der Waals surface area contributed by atoms with E-state index in [0.717, 1.165) is 68.5 Å². The molecule has 26 heteroatoms. The van der Waals surface area contributed by atoms with Gasteiger partial charge < -0.3 is 56.4 Å². The highest BCUT2D eigenvalue weighted by Gasteiger charge is 2.25. The zero-order valence-electron chi connectivity index (χ0n) is 57.5. The second kappa shape index (κ2) is 32.9. The lowest BCUT2D eigenvalue weighted by molar-refractivity contribution is 0.444. The molecular weight excluding hydrogens is 1470 g/mol. The molecule has 8 aromatic heterocycles. The maximum absolute atomic E-state index is 13.5. The van der Waals surface area contributed by atoms with Crippen LogP contribution in [0, 0.1) is 39.3 Å². The second-order valence-electron chi connectivity index (χ2n) is 24.4. The summed E-state index contributed by atoms with van der Waals surface area (Å²) in [5, 5.41) is 42.5. The third kappa shape index (κ3) is 16.9. The summed E-state index contributed by atoms with van der Waals surface area (Å²) in [5.74, 6) is -2.42. The van der Waals surface area contributed by atoms with Gasteiger partial charge in [-0.15, -0.1) is 0 Å². The molecule has 0 spiro atoms. The summed E-state index contributed by atoms with van der Waals surface area (Å²) < 4.78 is 53.4. The largest absolute Gasteiger partial charge is 0.507 e. The van der Waals surface area contributed by atoms with Gasteiger partial charge in [-0.2, -0.15) is 0 Å². The SMILES string of the molecule is Cc1cc2oc(=O)c(Sc3cccc(Cl)c3)c(O)c2c(=O)n1Cc1ccccc1.Cc1cc2oc(=O)c(Sc3cccc(F)c3)c(O)c2c(=O)n1Cc1ccccc1.Cc1cc2oc(=O)c(Sc3ccccc3)c(O)c2c(=O)n1Cc1ccccc1.Cc1cc2oc(=O)cc(O)c2c(=O)n1Cc1ccc(F)cc1. The van der Waals surface area contributed by atoms with Crippen LogP contribution in [-0.4, -0.2) is 38.7 Å². The van der Waals surface area contributed by atoms with Gasteiger partial charge in [-0.25, -0.2) is 28.0 Å². The van der Waals surface area contributed by atoms with Crippen molar-refractivity contribution in [1.82, 2.24) is 18.3 Å². The van der Waals surface area contributed by atoms with E-state index in [-0.39, 0.29) is 82.4 Å². The van der Waals surface area contributed by atoms with Crippen molar-refractivity contribution in [2.45, 2.75) is 83.2 Å². The highest BCUT2D eigenvalue weighted by atomic mass is 35.5. The van der Waals surface area contributed by atoms with Gasteiger partial charge in [0.25, 0.3) is 22.2 Å². The fraction of sp³-hybridized carbons (Fsp3) is 0.0976. The van der Waals surface area contributed by atoms with E-state index in [1.807, 2.05) is 121 Å². The first-order chi connectivity index (χ1) is 51.9. The van der Waals surface area contributed by atoms with Gasteiger partial charge in [-0.05, 0) is 111 Å². The first-order valence-electron chi connectivity index (χ1n) is 32.9. The summed E-state index contributed by atoms with van der Waals surface area (Å²) in [5.41, 5.74) is 1.58. The van der Waals surface area contributed by atoms with Crippen LogP contribution >= 0.6 is 46.9 Å². The number of aromatic nitrogens is 4. The fourth-order valence-corrected chi connectivity index (χ4v) is 14.5. The number of fused-ring (bicyclic) bond motifs is 4. The summed E-state index contributed by atoms with van der Waals surface area (Å²) >= 11 is 8.92. The maximum Gasteiger partial charge on any atom is 0.354 e. The minimum absolute atomic E-state index is 0.00548.